The molecule has 2 N–H and O–H groups in total. The van der Waals surface area contributed by atoms with Gasteiger partial charge in [0.15, 0.2) is 5.69 Å². The molecule has 0 bridgehead atoms. The zero-order chi connectivity index (χ0) is 18.6. The molecule has 1 aromatic carbocycles. The molecule has 0 unspecified atom stereocenters. The molecule has 2 aliphatic carbocycles. The van der Waals surface area contributed by atoms with Crippen molar-refractivity contribution in [2.45, 2.75) is 44.1 Å². The maximum atomic E-state index is 14.4. The van der Waals surface area contributed by atoms with E-state index in [1.807, 2.05) is 4.90 Å². The van der Waals surface area contributed by atoms with E-state index in [9.17, 15) is 14.3 Å². The van der Waals surface area contributed by atoms with Gasteiger partial charge < -0.3 is 10.0 Å². The molecular weight excluding hydrogens is 345 g/mol. The summed E-state index contributed by atoms with van der Waals surface area (Å²) in [7, 11) is 0. The van der Waals surface area contributed by atoms with Crippen molar-refractivity contribution in [1.82, 2.24) is 15.1 Å². The quantitative estimate of drug-likeness (QED) is 0.855. The molecule has 142 valence electrons. The van der Waals surface area contributed by atoms with Gasteiger partial charge >= 0.3 is 0 Å². The summed E-state index contributed by atoms with van der Waals surface area (Å²) < 4.78 is 14.4. The van der Waals surface area contributed by atoms with Crippen molar-refractivity contribution >= 4 is 5.91 Å². The average Bonchev–Trinajstić information content (AvgIpc) is 3.37. The second-order valence-corrected chi connectivity index (χ2v) is 8.26. The molecule has 6 heteroatoms. The Morgan fingerprint density at radius 2 is 2.07 bits per heavy atom. The van der Waals surface area contributed by atoms with E-state index in [2.05, 4.69) is 10.2 Å². The number of fused-ring (bicyclic) bond motifs is 2. The van der Waals surface area contributed by atoms with Crippen LogP contribution in [-0.4, -0.2) is 39.2 Å². The molecule has 2 aromatic rings. The summed E-state index contributed by atoms with van der Waals surface area (Å²) in [6.45, 7) is 1.07. The lowest BCUT2D eigenvalue weighted by molar-refractivity contribution is -0.00895. The van der Waals surface area contributed by atoms with Gasteiger partial charge in [-0.25, -0.2) is 4.39 Å². The monoisotopic (exact) mass is 369 g/mol. The van der Waals surface area contributed by atoms with E-state index >= 15 is 0 Å². The Balaban J connectivity index is 1.41. The van der Waals surface area contributed by atoms with Gasteiger partial charge in [0, 0.05) is 35.8 Å². The zero-order valence-electron chi connectivity index (χ0n) is 15.2. The molecule has 0 radical (unpaired) electrons. The number of likely N-dealkylation sites (tertiary alicyclic amines) is 1. The molecule has 2 heterocycles. The number of amides is 1. The molecule has 3 atom stereocenters. The number of hydrogen-bond donors (Lipinski definition) is 2. The van der Waals surface area contributed by atoms with E-state index in [-0.39, 0.29) is 23.6 Å². The Hall–Kier alpha value is -2.21. The SMILES string of the molecule is O=C(c1n[nH]c2c1CCCC2)N1C[C@H]2CC[C@](O)(c3ccccc3F)[C@H]2C1. The van der Waals surface area contributed by atoms with E-state index in [0.29, 0.717) is 30.8 Å². The molecule has 3 aliphatic rings. The smallest absolute Gasteiger partial charge is 0.274 e. The molecule has 27 heavy (non-hydrogen) atoms. The summed E-state index contributed by atoms with van der Waals surface area (Å²) >= 11 is 0. The van der Waals surface area contributed by atoms with Gasteiger partial charge in [0.1, 0.15) is 5.82 Å². The van der Waals surface area contributed by atoms with Gasteiger partial charge in [-0.05, 0) is 50.5 Å². The summed E-state index contributed by atoms with van der Waals surface area (Å²) in [5.74, 6) is -0.354. The lowest BCUT2D eigenvalue weighted by Gasteiger charge is -2.31. The minimum Gasteiger partial charge on any atom is -0.385 e. The largest absolute Gasteiger partial charge is 0.385 e. The first-order valence-corrected chi connectivity index (χ1v) is 9.90. The molecule has 1 aromatic heterocycles. The Kier molecular flexibility index (Phi) is 3.86. The third-order valence-corrected chi connectivity index (χ3v) is 6.84. The van der Waals surface area contributed by atoms with Crippen LogP contribution in [0.1, 0.15) is 53.0 Å². The predicted octanol–water partition coefficient (Wildman–Crippen LogP) is 2.80. The Morgan fingerprint density at radius 3 is 2.93 bits per heavy atom. The predicted molar refractivity (Wildman–Crippen MR) is 97.6 cm³/mol. The Bertz CT molecular complexity index is 895. The number of halogens is 1. The number of aryl methyl sites for hydroxylation is 1. The van der Waals surface area contributed by atoms with Gasteiger partial charge in [-0.3, -0.25) is 9.89 Å². The molecular formula is C21H24FN3O2. The van der Waals surface area contributed by atoms with Crippen LogP contribution in [0, 0.1) is 17.7 Å². The van der Waals surface area contributed by atoms with Gasteiger partial charge in [-0.1, -0.05) is 18.2 Å². The number of aromatic nitrogens is 2. The van der Waals surface area contributed by atoms with Crippen LogP contribution in [0.3, 0.4) is 0 Å². The van der Waals surface area contributed by atoms with Gasteiger partial charge in [0.25, 0.3) is 5.91 Å². The number of rotatable bonds is 2. The summed E-state index contributed by atoms with van der Waals surface area (Å²) in [5.41, 5.74) is 1.86. The fourth-order valence-corrected chi connectivity index (χ4v) is 5.42. The first kappa shape index (κ1) is 16.9. The average molecular weight is 369 g/mol. The van der Waals surface area contributed by atoms with Gasteiger partial charge in [0.05, 0.1) is 5.60 Å². The number of nitrogens with zero attached hydrogens (tertiary/aromatic N) is 2. The van der Waals surface area contributed by atoms with Gasteiger partial charge in [-0.2, -0.15) is 5.10 Å². The van der Waals surface area contributed by atoms with Crippen LogP contribution in [-0.2, 0) is 18.4 Å². The summed E-state index contributed by atoms with van der Waals surface area (Å²) in [4.78, 5) is 14.9. The summed E-state index contributed by atoms with van der Waals surface area (Å²) in [6, 6.07) is 6.47. The second-order valence-electron chi connectivity index (χ2n) is 8.26. The highest BCUT2D eigenvalue weighted by Gasteiger charge is 2.54. The fraction of sp³-hybridized carbons (Fsp3) is 0.524. The van der Waals surface area contributed by atoms with Crippen molar-refractivity contribution in [2.24, 2.45) is 11.8 Å². The molecule has 5 rings (SSSR count). The first-order chi connectivity index (χ1) is 13.1. The number of H-pyrrole nitrogens is 1. The number of aliphatic hydroxyl groups is 1. The van der Waals surface area contributed by atoms with E-state index in [0.717, 1.165) is 43.4 Å². The maximum Gasteiger partial charge on any atom is 0.274 e. The van der Waals surface area contributed by atoms with E-state index < -0.39 is 5.60 Å². The van der Waals surface area contributed by atoms with Crippen molar-refractivity contribution in [3.05, 3.63) is 52.6 Å². The Morgan fingerprint density at radius 1 is 1.26 bits per heavy atom. The van der Waals surface area contributed by atoms with Crippen LogP contribution in [0.15, 0.2) is 24.3 Å². The number of carbonyl (C=O) groups excluding carboxylic acids is 1. The Labute approximate surface area is 157 Å². The minimum absolute atomic E-state index is 0.0558. The lowest BCUT2D eigenvalue weighted by atomic mass is 9.82. The van der Waals surface area contributed by atoms with Crippen molar-refractivity contribution in [3.63, 3.8) is 0 Å². The molecule has 1 aliphatic heterocycles. The van der Waals surface area contributed by atoms with Crippen molar-refractivity contribution in [1.29, 1.82) is 0 Å². The van der Waals surface area contributed by atoms with Crippen LogP contribution in [0.2, 0.25) is 0 Å². The highest BCUT2D eigenvalue weighted by atomic mass is 19.1. The number of carbonyl (C=O) groups is 1. The van der Waals surface area contributed by atoms with E-state index in [1.165, 1.54) is 6.07 Å². The second kappa shape index (κ2) is 6.16. The van der Waals surface area contributed by atoms with Crippen LogP contribution < -0.4 is 0 Å². The van der Waals surface area contributed by atoms with Crippen molar-refractivity contribution in [2.75, 3.05) is 13.1 Å². The van der Waals surface area contributed by atoms with Crippen LogP contribution >= 0.6 is 0 Å². The summed E-state index contributed by atoms with van der Waals surface area (Å²) in [6.07, 6.45) is 5.42. The fourth-order valence-electron chi connectivity index (χ4n) is 5.42. The van der Waals surface area contributed by atoms with Crippen molar-refractivity contribution < 1.29 is 14.3 Å². The van der Waals surface area contributed by atoms with E-state index in [1.54, 1.807) is 18.2 Å². The van der Waals surface area contributed by atoms with Crippen LogP contribution in [0.4, 0.5) is 4.39 Å². The molecule has 1 amide bonds. The van der Waals surface area contributed by atoms with Crippen molar-refractivity contribution in [3.8, 4) is 0 Å². The number of hydrogen-bond acceptors (Lipinski definition) is 3. The van der Waals surface area contributed by atoms with Crippen LogP contribution in [0.5, 0.6) is 0 Å². The minimum atomic E-state index is -1.20. The maximum absolute atomic E-state index is 14.4. The standard InChI is InChI=1S/C21H24FN3O2/c22-17-7-3-2-6-15(17)21(27)10-9-13-11-25(12-16(13)21)20(26)19-14-5-1-4-8-18(14)23-24-19/h2-3,6-7,13,16,27H,1,4-5,8-12H2,(H,23,24)/t13-,16+,21+/m1/s1. The highest BCUT2D eigenvalue weighted by molar-refractivity contribution is 5.94. The number of nitrogens with one attached hydrogen (secondary N) is 1. The van der Waals surface area contributed by atoms with Gasteiger partial charge in [0.2, 0.25) is 0 Å². The number of aromatic amines is 1. The molecule has 1 saturated carbocycles. The summed E-state index contributed by atoms with van der Waals surface area (Å²) in [5, 5.41) is 18.7. The first-order valence-electron chi connectivity index (χ1n) is 9.90. The molecule has 2 fully saturated rings. The lowest BCUT2D eigenvalue weighted by Crippen LogP contribution is -2.37. The third-order valence-electron chi connectivity index (χ3n) is 6.84. The zero-order valence-corrected chi connectivity index (χ0v) is 15.2. The normalized spacial score (nSPS) is 29.6. The third kappa shape index (κ3) is 2.53. The molecule has 0 spiro atoms. The topological polar surface area (TPSA) is 69.2 Å². The highest BCUT2D eigenvalue weighted by Crippen LogP contribution is 2.51. The number of benzene rings is 1. The van der Waals surface area contributed by atoms with Gasteiger partial charge in [-0.15, -0.1) is 0 Å². The van der Waals surface area contributed by atoms with E-state index in [4.69, 9.17) is 0 Å². The molecule has 5 nitrogen and oxygen atoms in total. The molecule has 1 saturated heterocycles. The van der Waals surface area contributed by atoms with Crippen LogP contribution in [0.25, 0.3) is 0 Å².